The Morgan fingerprint density at radius 3 is 1.43 bits per heavy atom. The number of nitrogens with one attached hydrogen (secondary N) is 5. The lowest BCUT2D eigenvalue weighted by Crippen LogP contribution is -2.55. The topological polar surface area (TPSA) is 489 Å². The van der Waals surface area contributed by atoms with Crippen molar-refractivity contribution in [3.8, 4) is 0 Å². The van der Waals surface area contributed by atoms with E-state index in [4.69, 9.17) is 34.4 Å². The summed E-state index contributed by atoms with van der Waals surface area (Å²) in [4.78, 5) is 152. The van der Waals surface area contributed by atoms with E-state index >= 15 is 0 Å². The minimum Gasteiger partial charge on any atom is -0.481 e. The van der Waals surface area contributed by atoms with Crippen molar-refractivity contribution in [2.75, 3.05) is 38.2 Å². The maximum atomic E-state index is 14.4. The van der Waals surface area contributed by atoms with E-state index in [1.165, 1.54) is 89.8 Å². The summed E-state index contributed by atoms with van der Waals surface area (Å²) in [7, 11) is 0. The van der Waals surface area contributed by atoms with Crippen molar-refractivity contribution in [3.05, 3.63) is 35.9 Å². The number of aliphatic carboxylic acids is 1. The summed E-state index contributed by atoms with van der Waals surface area (Å²) in [5, 5.41) is 41.7. The first-order valence-corrected chi connectivity index (χ1v) is 37.2. The number of hydrogen-bond donors (Lipinski definition) is 14. The first kappa shape index (κ1) is 92.0. The molecule has 0 spiro atoms. The van der Waals surface area contributed by atoms with Crippen LogP contribution >= 0.6 is 11.8 Å². The summed E-state index contributed by atoms with van der Waals surface area (Å²) >= 11 is 1.48. The van der Waals surface area contributed by atoms with Gasteiger partial charge in [0, 0.05) is 68.9 Å². The Labute approximate surface area is 592 Å². The molecule has 27 nitrogen and oxygen atoms in total. The molecule has 1 aromatic carbocycles. The Bertz CT molecular complexity index is 2610. The van der Waals surface area contributed by atoms with Gasteiger partial charge < -0.3 is 76.3 Å². The van der Waals surface area contributed by atoms with Gasteiger partial charge in [0.15, 0.2) is 35.1 Å². The number of aliphatic hydroxyl groups excluding tert-OH is 2. The number of Topliss-reactive ketones (excluding diaryl/α,β-unsaturated/α-hetero) is 4. The van der Waals surface area contributed by atoms with Gasteiger partial charge in [-0.25, -0.2) is 0 Å². The van der Waals surface area contributed by atoms with Gasteiger partial charge in [0.1, 0.15) is 12.1 Å². The number of amides is 6. The van der Waals surface area contributed by atoms with E-state index in [-0.39, 0.29) is 125 Å². The number of guanidine groups is 2. The molecule has 0 aliphatic rings. The quantitative estimate of drug-likeness (QED) is 0.0236. The van der Waals surface area contributed by atoms with Gasteiger partial charge in [-0.05, 0) is 101 Å². The number of benzene rings is 1. The number of unbranched alkanes of at least 4 members (excludes halogenated alkanes) is 13. The SMILES string of the molecule is CCCCCCCCCCCCCCCC(=O)N[C@@H](CO)C(=O)N[C@H](C(=O)CC)[C@@H](C)O.CSCC[C@H](NC(=O)[C@H](CCCCN)CC(=O)[C@H](CCCN=C(N)N)NC(=O)[C@@H](CC(=O)[C@H](CCCN=C(N)N)NC(=O)[C@@H](C)CC(=O)O)CC(C)C)C(=O)C[C@@H](Cc1ccccc1)C(N)=O. The van der Waals surface area contributed by atoms with Crippen LogP contribution in [0.25, 0.3) is 0 Å². The van der Waals surface area contributed by atoms with E-state index in [9.17, 15) is 68.1 Å². The van der Waals surface area contributed by atoms with Crippen LogP contribution in [0.3, 0.4) is 0 Å². The van der Waals surface area contributed by atoms with Gasteiger partial charge in [0.2, 0.25) is 35.4 Å². The first-order chi connectivity index (χ1) is 47.0. The molecular formula is C71H125N13O14S. The van der Waals surface area contributed by atoms with Crippen LogP contribution in [0.2, 0.25) is 0 Å². The van der Waals surface area contributed by atoms with Crippen LogP contribution in [0.15, 0.2) is 40.3 Å². The van der Waals surface area contributed by atoms with Crippen molar-refractivity contribution in [3.63, 3.8) is 0 Å². The number of carbonyl (C=O) groups excluding carboxylic acids is 10. The lowest BCUT2D eigenvalue weighted by Gasteiger charge is -2.27. The van der Waals surface area contributed by atoms with Crippen LogP contribution in [0.5, 0.6) is 0 Å². The predicted molar refractivity (Wildman–Crippen MR) is 389 cm³/mol. The molecule has 20 N–H and O–H groups in total. The van der Waals surface area contributed by atoms with Crippen molar-refractivity contribution in [1.29, 1.82) is 0 Å². The first-order valence-electron chi connectivity index (χ1n) is 35.8. The number of thioether (sulfide) groups is 1. The summed E-state index contributed by atoms with van der Waals surface area (Å²) in [6.45, 7) is 10.5. The second kappa shape index (κ2) is 55.7. The number of nitrogens with two attached hydrogens (primary N) is 6. The Morgan fingerprint density at radius 2 is 0.990 bits per heavy atom. The Kier molecular flexibility index (Phi) is 51.7. The van der Waals surface area contributed by atoms with Gasteiger partial charge in [0.05, 0.1) is 37.3 Å². The van der Waals surface area contributed by atoms with E-state index in [0.29, 0.717) is 31.6 Å². The summed E-state index contributed by atoms with van der Waals surface area (Å²) < 4.78 is 0. The summed E-state index contributed by atoms with van der Waals surface area (Å²) in [6.07, 6.45) is 18.7. The molecule has 99 heavy (non-hydrogen) atoms. The third-order valence-electron chi connectivity index (χ3n) is 16.9. The Balaban J connectivity index is 0.00000251. The molecule has 10 atom stereocenters. The van der Waals surface area contributed by atoms with E-state index in [1.54, 1.807) is 6.92 Å². The van der Waals surface area contributed by atoms with Gasteiger partial charge in [-0.15, -0.1) is 0 Å². The van der Waals surface area contributed by atoms with Gasteiger partial charge in [-0.2, -0.15) is 11.8 Å². The summed E-state index contributed by atoms with van der Waals surface area (Å²) in [5.41, 5.74) is 34.3. The molecule has 1 aromatic rings. The maximum absolute atomic E-state index is 14.4. The number of aliphatic imine (C=N–C) groups is 2. The van der Waals surface area contributed by atoms with Crippen LogP contribution in [0.4, 0.5) is 0 Å². The summed E-state index contributed by atoms with van der Waals surface area (Å²) in [5.74, 6) is -9.72. The molecule has 0 aliphatic carbocycles. The van der Waals surface area contributed by atoms with Gasteiger partial charge in [-0.1, -0.05) is 148 Å². The number of rotatable bonds is 58. The molecule has 564 valence electrons. The molecule has 28 heteroatoms. The molecule has 0 aliphatic heterocycles. The summed E-state index contributed by atoms with van der Waals surface area (Å²) in [6, 6.07) is 3.80. The van der Waals surface area contributed by atoms with Crippen LogP contribution in [-0.2, 0) is 59.2 Å². The van der Waals surface area contributed by atoms with Gasteiger partial charge in [-0.3, -0.25) is 62.7 Å². The van der Waals surface area contributed by atoms with Crippen LogP contribution in [0.1, 0.15) is 227 Å². The van der Waals surface area contributed by atoms with Crippen molar-refractivity contribution in [1.82, 2.24) is 26.6 Å². The molecule has 6 amide bonds. The minimum atomic E-state index is -1.19. The second-order valence-corrected chi connectivity index (χ2v) is 27.3. The molecule has 0 aromatic heterocycles. The highest BCUT2D eigenvalue weighted by Gasteiger charge is 2.35. The van der Waals surface area contributed by atoms with E-state index < -0.39 is 120 Å². The monoisotopic (exact) mass is 1420 g/mol. The largest absolute Gasteiger partial charge is 0.481 e. The minimum absolute atomic E-state index is 0.0799. The van der Waals surface area contributed by atoms with E-state index in [0.717, 1.165) is 24.8 Å². The molecular weight excluding hydrogens is 1290 g/mol. The van der Waals surface area contributed by atoms with Gasteiger partial charge >= 0.3 is 5.97 Å². The smallest absolute Gasteiger partial charge is 0.304 e. The maximum Gasteiger partial charge on any atom is 0.304 e. The number of primary amides is 1. The highest BCUT2D eigenvalue weighted by atomic mass is 32.2. The third-order valence-corrected chi connectivity index (χ3v) is 17.6. The Hall–Kier alpha value is -7.04. The fraction of sp³-hybridized carbons (Fsp3) is 0.732. The van der Waals surface area contributed by atoms with Crippen molar-refractivity contribution < 1.29 is 68.1 Å². The average Bonchev–Trinajstić information content (AvgIpc) is 0.888. The lowest BCUT2D eigenvalue weighted by molar-refractivity contribution is -0.141. The normalized spacial score (nSPS) is 14.1. The zero-order valence-corrected chi connectivity index (χ0v) is 61.2. The van der Waals surface area contributed by atoms with E-state index in [1.807, 2.05) is 50.4 Å². The average molecular weight is 1420 g/mol. The lowest BCUT2D eigenvalue weighted by atomic mass is 9.87. The number of carboxylic acid groups (broad SMARTS) is 1. The molecule has 0 unspecified atom stereocenters. The Morgan fingerprint density at radius 1 is 0.515 bits per heavy atom. The predicted octanol–water partition coefficient (Wildman–Crippen LogP) is 4.83. The molecule has 0 saturated carbocycles. The fourth-order valence-electron chi connectivity index (χ4n) is 11.2. The number of carboxylic acids is 1. The number of ketones is 4. The van der Waals surface area contributed by atoms with Crippen molar-refractivity contribution in [2.45, 2.75) is 264 Å². The second-order valence-electron chi connectivity index (χ2n) is 26.3. The molecule has 0 bridgehead atoms. The van der Waals surface area contributed by atoms with Crippen molar-refractivity contribution >= 4 is 88.2 Å². The molecule has 0 heterocycles. The number of carbonyl (C=O) groups is 11. The zero-order valence-electron chi connectivity index (χ0n) is 60.4. The molecule has 0 radical (unpaired) electrons. The van der Waals surface area contributed by atoms with Crippen molar-refractivity contribution in [2.24, 2.45) is 74.0 Å². The highest BCUT2D eigenvalue weighted by Crippen LogP contribution is 2.23. The molecule has 0 saturated heterocycles. The number of nitrogens with zero attached hydrogens (tertiary/aromatic N) is 2. The van der Waals surface area contributed by atoms with Crippen LogP contribution < -0.4 is 61.0 Å². The number of hydrogen-bond acceptors (Lipinski definition) is 17. The molecule has 1 rings (SSSR count). The third kappa shape index (κ3) is 44.7. The molecule has 0 fully saturated rings. The fourth-order valence-corrected chi connectivity index (χ4v) is 11.7. The van der Waals surface area contributed by atoms with Crippen LogP contribution in [-0.4, -0.2) is 166 Å². The van der Waals surface area contributed by atoms with E-state index in [2.05, 4.69) is 43.5 Å². The van der Waals surface area contributed by atoms with Crippen LogP contribution in [0, 0.1) is 29.6 Å². The zero-order chi connectivity index (χ0) is 74.7. The number of aliphatic hydroxyl groups is 2. The van der Waals surface area contributed by atoms with Gasteiger partial charge in [0.25, 0.3) is 0 Å². The standard InChI is InChI=1S/C46H77N11O9S.C25H48N2O5/c1-28(2)22-33(27-39(60)34(15-10-19-53-45(49)50)55-42(64)29(3)23-40(61)62)44(66)56-35(16-11-20-54-46(51)52)37(58)25-31(14-8-9-18-47)43(65)57-36(17-21-67-4)38(59)26-32(41(48)63)24-30-12-6-5-7-13-30;1-4-6-7-8-9-10-11-12-13-14-15-16-17-18-23(31)26-21(19-28)25(32)27-24(20(3)29)22(30)5-2/h5-7,12-13,28-29,31-36H,8-11,14-27,47H2,1-4H3,(H2,48,63)(H,55,64)(H,56,66)(H,57,65)(H,61,62)(H4,49,50,53)(H4,51,52,54);20-21,24,28-29H,4-19H2,1-3H3,(H,26,31)(H,27,32)/t29-,31+,32+,33+,34-,35-,36-;20-,21+,24+/m01/s1. The highest BCUT2D eigenvalue weighted by molar-refractivity contribution is 7.98.